The van der Waals surface area contributed by atoms with E-state index < -0.39 is 0 Å². The molecule has 4 heteroatoms. The highest BCUT2D eigenvalue weighted by atomic mass is 16.2. The van der Waals surface area contributed by atoms with Crippen molar-refractivity contribution in [3.63, 3.8) is 0 Å². The Kier molecular flexibility index (Phi) is 6.06. The fraction of sp³-hybridized carbons (Fsp3) is 0.941. The molecule has 2 heterocycles. The maximum absolute atomic E-state index is 12.7. The number of carbonyl (C=O) groups is 1. The average molecular weight is 295 g/mol. The van der Waals surface area contributed by atoms with E-state index in [-0.39, 0.29) is 5.92 Å². The third kappa shape index (κ3) is 4.19. The van der Waals surface area contributed by atoms with Gasteiger partial charge >= 0.3 is 0 Å². The Labute approximate surface area is 130 Å². The predicted octanol–water partition coefficient (Wildman–Crippen LogP) is 2.05. The first kappa shape index (κ1) is 16.8. The van der Waals surface area contributed by atoms with Crippen molar-refractivity contribution in [2.45, 2.75) is 59.0 Å². The highest BCUT2D eigenvalue weighted by molar-refractivity contribution is 5.79. The summed E-state index contributed by atoms with van der Waals surface area (Å²) in [6.45, 7) is 15.1. The van der Waals surface area contributed by atoms with Crippen LogP contribution < -0.4 is 0 Å². The lowest BCUT2D eigenvalue weighted by molar-refractivity contribution is -0.139. The molecule has 1 atom stereocenters. The van der Waals surface area contributed by atoms with E-state index in [2.05, 4.69) is 42.4 Å². The van der Waals surface area contributed by atoms with E-state index in [0.29, 0.717) is 18.0 Å². The van der Waals surface area contributed by atoms with Gasteiger partial charge < -0.3 is 9.80 Å². The van der Waals surface area contributed by atoms with Gasteiger partial charge in [0.25, 0.3) is 0 Å². The van der Waals surface area contributed by atoms with Crippen molar-refractivity contribution in [2.75, 3.05) is 39.3 Å². The van der Waals surface area contributed by atoms with E-state index in [0.717, 1.165) is 52.1 Å². The average Bonchev–Trinajstić information content (AvgIpc) is 2.53. The van der Waals surface area contributed by atoms with Crippen molar-refractivity contribution >= 4 is 5.91 Å². The second-order valence-electron chi connectivity index (χ2n) is 7.02. The smallest absolute Gasteiger partial charge is 0.225 e. The number of hydrogen-bond acceptors (Lipinski definition) is 3. The van der Waals surface area contributed by atoms with Gasteiger partial charge in [-0.25, -0.2) is 0 Å². The fourth-order valence-electron chi connectivity index (χ4n) is 3.56. The van der Waals surface area contributed by atoms with Crippen molar-refractivity contribution in [1.29, 1.82) is 0 Å². The van der Waals surface area contributed by atoms with Crippen LogP contribution in [-0.2, 0) is 4.79 Å². The Hall–Kier alpha value is -0.610. The van der Waals surface area contributed by atoms with Gasteiger partial charge in [-0.15, -0.1) is 0 Å². The van der Waals surface area contributed by atoms with Gasteiger partial charge in [0.15, 0.2) is 0 Å². The molecule has 0 saturated carbocycles. The zero-order valence-corrected chi connectivity index (χ0v) is 14.3. The molecule has 122 valence electrons. The summed E-state index contributed by atoms with van der Waals surface area (Å²) in [5.41, 5.74) is 0. The Morgan fingerprint density at radius 1 is 0.952 bits per heavy atom. The van der Waals surface area contributed by atoms with Crippen LogP contribution in [0, 0.1) is 5.92 Å². The summed E-state index contributed by atoms with van der Waals surface area (Å²) in [7, 11) is 0. The van der Waals surface area contributed by atoms with E-state index in [1.54, 1.807) is 0 Å². The molecular formula is C17H33N3O. The van der Waals surface area contributed by atoms with Crippen LogP contribution in [0.2, 0.25) is 0 Å². The van der Waals surface area contributed by atoms with Crippen LogP contribution in [0.5, 0.6) is 0 Å². The molecule has 1 unspecified atom stereocenters. The second-order valence-corrected chi connectivity index (χ2v) is 7.02. The molecule has 2 aliphatic heterocycles. The summed E-state index contributed by atoms with van der Waals surface area (Å²) in [4.78, 5) is 19.8. The molecule has 2 saturated heterocycles. The van der Waals surface area contributed by atoms with Crippen LogP contribution >= 0.6 is 0 Å². The number of rotatable bonds is 4. The van der Waals surface area contributed by atoms with Crippen LogP contribution in [0.15, 0.2) is 0 Å². The van der Waals surface area contributed by atoms with Gasteiger partial charge in [-0.3, -0.25) is 9.69 Å². The molecule has 2 fully saturated rings. The van der Waals surface area contributed by atoms with Crippen molar-refractivity contribution in [1.82, 2.24) is 14.7 Å². The zero-order chi connectivity index (χ0) is 15.4. The van der Waals surface area contributed by atoms with Gasteiger partial charge in [0.1, 0.15) is 0 Å². The van der Waals surface area contributed by atoms with Crippen LogP contribution in [-0.4, -0.2) is 72.0 Å². The molecule has 0 N–H and O–H groups in total. The number of carbonyl (C=O) groups excluding carboxylic acids is 1. The number of piperidine rings is 1. The molecule has 1 amide bonds. The lowest BCUT2D eigenvalue weighted by Gasteiger charge is -2.40. The largest absolute Gasteiger partial charge is 0.340 e. The number of amides is 1. The minimum absolute atomic E-state index is 0.274. The monoisotopic (exact) mass is 295 g/mol. The number of likely N-dealkylation sites (tertiary alicyclic amines) is 1. The summed E-state index contributed by atoms with van der Waals surface area (Å²) in [6, 6.07) is 1.26. The van der Waals surface area contributed by atoms with Gasteiger partial charge in [0, 0.05) is 44.2 Å². The van der Waals surface area contributed by atoms with Crippen LogP contribution in [0.3, 0.4) is 0 Å². The van der Waals surface area contributed by atoms with Crippen LogP contribution in [0.4, 0.5) is 0 Å². The Morgan fingerprint density at radius 3 is 2.00 bits per heavy atom. The molecule has 0 aliphatic carbocycles. The molecule has 0 bridgehead atoms. The summed E-state index contributed by atoms with van der Waals surface area (Å²) < 4.78 is 0. The van der Waals surface area contributed by atoms with Gasteiger partial charge in [0.05, 0.1) is 0 Å². The SMILES string of the molecule is CCC(C)N1CCC(C(=O)N2CCN(C(C)C)CC2)CC1. The van der Waals surface area contributed by atoms with E-state index >= 15 is 0 Å². The van der Waals surface area contributed by atoms with Gasteiger partial charge in [-0.1, -0.05) is 6.92 Å². The second kappa shape index (κ2) is 7.59. The lowest BCUT2D eigenvalue weighted by Crippen LogP contribution is -2.53. The summed E-state index contributed by atoms with van der Waals surface area (Å²) in [5, 5.41) is 0. The molecule has 0 aromatic rings. The maximum Gasteiger partial charge on any atom is 0.225 e. The van der Waals surface area contributed by atoms with Gasteiger partial charge in [-0.05, 0) is 53.1 Å². The van der Waals surface area contributed by atoms with Gasteiger partial charge in [-0.2, -0.15) is 0 Å². The van der Waals surface area contributed by atoms with E-state index in [9.17, 15) is 4.79 Å². The first-order chi connectivity index (χ1) is 10.0. The molecule has 0 aromatic heterocycles. The van der Waals surface area contributed by atoms with Crippen molar-refractivity contribution in [2.24, 2.45) is 5.92 Å². The molecule has 2 rings (SSSR count). The van der Waals surface area contributed by atoms with Crippen molar-refractivity contribution < 1.29 is 4.79 Å². The normalized spacial score (nSPS) is 24.5. The summed E-state index contributed by atoms with van der Waals surface area (Å²) in [5.74, 6) is 0.693. The van der Waals surface area contributed by atoms with E-state index in [4.69, 9.17) is 0 Å². The third-order valence-corrected chi connectivity index (χ3v) is 5.45. The fourth-order valence-corrected chi connectivity index (χ4v) is 3.56. The molecule has 4 nitrogen and oxygen atoms in total. The highest BCUT2D eigenvalue weighted by Crippen LogP contribution is 2.22. The number of piperazine rings is 1. The summed E-state index contributed by atoms with van der Waals surface area (Å²) >= 11 is 0. The van der Waals surface area contributed by atoms with E-state index in [1.165, 1.54) is 6.42 Å². The number of nitrogens with zero attached hydrogens (tertiary/aromatic N) is 3. The van der Waals surface area contributed by atoms with Crippen LogP contribution in [0.1, 0.15) is 47.0 Å². The predicted molar refractivity (Wildman–Crippen MR) is 87.3 cm³/mol. The van der Waals surface area contributed by atoms with Gasteiger partial charge in [0.2, 0.25) is 5.91 Å². The Bertz CT molecular complexity index is 329. The first-order valence-corrected chi connectivity index (χ1v) is 8.79. The van der Waals surface area contributed by atoms with Crippen molar-refractivity contribution in [3.05, 3.63) is 0 Å². The van der Waals surface area contributed by atoms with Crippen molar-refractivity contribution in [3.8, 4) is 0 Å². The maximum atomic E-state index is 12.7. The molecule has 21 heavy (non-hydrogen) atoms. The Balaban J connectivity index is 1.78. The van der Waals surface area contributed by atoms with E-state index in [1.807, 2.05) is 0 Å². The molecule has 0 aromatic carbocycles. The summed E-state index contributed by atoms with van der Waals surface area (Å²) in [6.07, 6.45) is 3.30. The molecular weight excluding hydrogens is 262 g/mol. The number of hydrogen-bond donors (Lipinski definition) is 0. The standard InChI is InChI=1S/C17H33N3O/c1-5-15(4)19-8-6-16(7-9-19)17(21)20-12-10-18(11-13-20)14(2)3/h14-16H,5-13H2,1-4H3. The van der Waals surface area contributed by atoms with Crippen LogP contribution in [0.25, 0.3) is 0 Å². The molecule has 0 radical (unpaired) electrons. The molecule has 2 aliphatic rings. The minimum atomic E-state index is 0.274. The lowest BCUT2D eigenvalue weighted by atomic mass is 9.94. The third-order valence-electron chi connectivity index (χ3n) is 5.45. The Morgan fingerprint density at radius 2 is 1.52 bits per heavy atom. The molecule has 0 spiro atoms. The minimum Gasteiger partial charge on any atom is -0.340 e. The quantitative estimate of drug-likeness (QED) is 0.794. The highest BCUT2D eigenvalue weighted by Gasteiger charge is 2.31. The topological polar surface area (TPSA) is 26.8 Å². The zero-order valence-electron chi connectivity index (χ0n) is 14.3. The first-order valence-electron chi connectivity index (χ1n) is 8.79.